The first-order valence-corrected chi connectivity index (χ1v) is 9.14. The molecular formula is C16H17N3O2S2. The van der Waals surface area contributed by atoms with E-state index in [1.807, 2.05) is 11.4 Å². The Morgan fingerprint density at radius 3 is 2.87 bits per heavy atom. The van der Waals surface area contributed by atoms with E-state index in [4.69, 9.17) is 0 Å². The summed E-state index contributed by atoms with van der Waals surface area (Å²) in [4.78, 5) is 29.5. The van der Waals surface area contributed by atoms with Gasteiger partial charge in [0.1, 0.15) is 6.54 Å². The van der Waals surface area contributed by atoms with E-state index in [1.54, 1.807) is 4.90 Å². The number of nitrogens with one attached hydrogen (secondary N) is 1. The van der Waals surface area contributed by atoms with Gasteiger partial charge in [0.2, 0.25) is 5.91 Å². The van der Waals surface area contributed by atoms with Crippen molar-refractivity contribution in [3.8, 4) is 11.3 Å². The molecule has 0 aliphatic carbocycles. The van der Waals surface area contributed by atoms with Gasteiger partial charge in [0, 0.05) is 23.2 Å². The maximum absolute atomic E-state index is 12.0. The topological polar surface area (TPSA) is 62.3 Å². The van der Waals surface area contributed by atoms with E-state index in [1.165, 1.54) is 34.2 Å². The largest absolute Gasteiger partial charge is 0.323 e. The number of anilines is 1. The average molecular weight is 347 g/mol. The standard InChI is InChI=1S/C16H17N3O2S2/c1-10-3-4-12(7-11(10)2)13-9-23-15(17-13)18-14(20)8-19-5-6-22-16(19)21/h3-4,7,9H,5-6,8H2,1-2H3,(H,17,18,20). The highest BCUT2D eigenvalue weighted by Crippen LogP contribution is 2.26. The highest BCUT2D eigenvalue weighted by Gasteiger charge is 2.23. The van der Waals surface area contributed by atoms with Gasteiger partial charge in [-0.2, -0.15) is 0 Å². The molecule has 1 aliphatic rings. The molecule has 3 rings (SSSR count). The number of benzene rings is 1. The van der Waals surface area contributed by atoms with Crippen molar-refractivity contribution in [2.24, 2.45) is 0 Å². The summed E-state index contributed by atoms with van der Waals surface area (Å²) in [6, 6.07) is 6.19. The zero-order valence-electron chi connectivity index (χ0n) is 13.0. The minimum Gasteiger partial charge on any atom is -0.323 e. The van der Waals surface area contributed by atoms with Crippen LogP contribution in [0.4, 0.5) is 9.93 Å². The van der Waals surface area contributed by atoms with Gasteiger partial charge in [-0.25, -0.2) is 4.98 Å². The zero-order chi connectivity index (χ0) is 16.4. The second kappa shape index (κ2) is 6.72. The summed E-state index contributed by atoms with van der Waals surface area (Å²) in [5.74, 6) is 0.544. The minimum atomic E-state index is -0.207. The Morgan fingerprint density at radius 1 is 1.35 bits per heavy atom. The number of thiazole rings is 1. The first-order valence-electron chi connectivity index (χ1n) is 7.27. The third-order valence-electron chi connectivity index (χ3n) is 3.73. The summed E-state index contributed by atoms with van der Waals surface area (Å²) in [7, 11) is 0. The fourth-order valence-electron chi connectivity index (χ4n) is 2.27. The second-order valence-corrected chi connectivity index (χ2v) is 7.33. The molecule has 0 bridgehead atoms. The number of aryl methyl sites for hydroxylation is 2. The van der Waals surface area contributed by atoms with E-state index in [0.29, 0.717) is 11.7 Å². The SMILES string of the molecule is Cc1ccc(-c2csc(NC(=O)CN3CCSC3=O)n2)cc1C. The highest BCUT2D eigenvalue weighted by atomic mass is 32.2. The molecule has 1 aliphatic heterocycles. The van der Waals surface area contributed by atoms with E-state index >= 15 is 0 Å². The van der Waals surface area contributed by atoms with Gasteiger partial charge >= 0.3 is 0 Å². The molecule has 1 N–H and O–H groups in total. The molecule has 2 amide bonds. The number of carbonyl (C=O) groups is 2. The maximum Gasteiger partial charge on any atom is 0.282 e. The summed E-state index contributed by atoms with van der Waals surface area (Å²) in [6.07, 6.45) is 0. The summed E-state index contributed by atoms with van der Waals surface area (Å²) < 4.78 is 0. The smallest absolute Gasteiger partial charge is 0.282 e. The van der Waals surface area contributed by atoms with Crippen LogP contribution in [0.15, 0.2) is 23.6 Å². The molecule has 23 heavy (non-hydrogen) atoms. The van der Waals surface area contributed by atoms with Gasteiger partial charge in [0.05, 0.1) is 5.69 Å². The third kappa shape index (κ3) is 3.73. The van der Waals surface area contributed by atoms with Crippen molar-refractivity contribution in [3.05, 3.63) is 34.7 Å². The number of rotatable bonds is 4. The van der Waals surface area contributed by atoms with Crippen LogP contribution in [0.1, 0.15) is 11.1 Å². The lowest BCUT2D eigenvalue weighted by Gasteiger charge is -2.12. The molecule has 0 unspecified atom stereocenters. The van der Waals surface area contributed by atoms with Crippen molar-refractivity contribution in [1.82, 2.24) is 9.88 Å². The Hall–Kier alpha value is -1.86. The van der Waals surface area contributed by atoms with Crippen LogP contribution in [0.25, 0.3) is 11.3 Å². The highest BCUT2D eigenvalue weighted by molar-refractivity contribution is 8.13. The quantitative estimate of drug-likeness (QED) is 0.919. The van der Waals surface area contributed by atoms with E-state index in [9.17, 15) is 9.59 Å². The predicted octanol–water partition coefficient (Wildman–Crippen LogP) is 3.53. The number of carbonyl (C=O) groups excluding carboxylic acids is 2. The van der Waals surface area contributed by atoms with Crippen LogP contribution in [0, 0.1) is 13.8 Å². The molecule has 7 heteroatoms. The van der Waals surface area contributed by atoms with Crippen LogP contribution in [-0.2, 0) is 4.79 Å². The molecule has 1 fully saturated rings. The second-order valence-electron chi connectivity index (χ2n) is 5.42. The van der Waals surface area contributed by atoms with Gasteiger partial charge in [-0.15, -0.1) is 11.3 Å². The molecular weight excluding hydrogens is 330 g/mol. The summed E-state index contributed by atoms with van der Waals surface area (Å²) >= 11 is 2.64. The van der Waals surface area contributed by atoms with Crippen molar-refractivity contribution in [2.75, 3.05) is 24.2 Å². The lowest BCUT2D eigenvalue weighted by atomic mass is 10.1. The lowest BCUT2D eigenvalue weighted by Crippen LogP contribution is -2.33. The number of nitrogens with zero attached hydrogens (tertiary/aromatic N) is 2. The van der Waals surface area contributed by atoms with Crippen molar-refractivity contribution in [2.45, 2.75) is 13.8 Å². The van der Waals surface area contributed by atoms with Gasteiger partial charge in [0.15, 0.2) is 5.13 Å². The summed E-state index contributed by atoms with van der Waals surface area (Å²) in [5.41, 5.74) is 4.34. The van der Waals surface area contributed by atoms with Crippen LogP contribution < -0.4 is 5.32 Å². The molecule has 1 aromatic carbocycles. The number of hydrogen-bond acceptors (Lipinski definition) is 5. The molecule has 0 spiro atoms. The average Bonchev–Trinajstić information content (AvgIpc) is 3.12. The Labute approximate surface area is 143 Å². The Bertz CT molecular complexity index is 758. The molecule has 1 aromatic heterocycles. The van der Waals surface area contributed by atoms with Crippen molar-refractivity contribution >= 4 is 39.4 Å². The molecule has 0 radical (unpaired) electrons. The summed E-state index contributed by atoms with van der Waals surface area (Å²) in [6.45, 7) is 4.86. The van der Waals surface area contributed by atoms with Gasteiger partial charge in [-0.05, 0) is 31.0 Å². The van der Waals surface area contributed by atoms with Crippen molar-refractivity contribution in [3.63, 3.8) is 0 Å². The molecule has 2 aromatic rings. The van der Waals surface area contributed by atoms with Gasteiger partial charge < -0.3 is 10.2 Å². The summed E-state index contributed by atoms with van der Waals surface area (Å²) in [5, 5.41) is 5.22. The molecule has 0 saturated carbocycles. The Balaban J connectivity index is 1.65. The van der Waals surface area contributed by atoms with Gasteiger partial charge in [-0.1, -0.05) is 23.9 Å². The fraction of sp³-hybridized carbons (Fsp3) is 0.312. The van der Waals surface area contributed by atoms with Gasteiger partial charge in [-0.3, -0.25) is 9.59 Å². The number of aromatic nitrogens is 1. The molecule has 1 saturated heterocycles. The number of hydrogen-bond donors (Lipinski definition) is 1. The normalized spacial score (nSPS) is 14.3. The van der Waals surface area contributed by atoms with E-state index in [-0.39, 0.29) is 17.7 Å². The van der Waals surface area contributed by atoms with Crippen molar-refractivity contribution in [1.29, 1.82) is 0 Å². The molecule has 0 atom stereocenters. The first kappa shape index (κ1) is 16.0. The van der Waals surface area contributed by atoms with Crippen LogP contribution in [0.2, 0.25) is 0 Å². The van der Waals surface area contributed by atoms with E-state index in [0.717, 1.165) is 17.0 Å². The predicted molar refractivity (Wildman–Crippen MR) is 95.1 cm³/mol. The third-order valence-corrected chi connectivity index (χ3v) is 5.38. The first-order chi connectivity index (χ1) is 11.0. The van der Waals surface area contributed by atoms with E-state index in [2.05, 4.69) is 36.3 Å². The van der Waals surface area contributed by atoms with Crippen LogP contribution in [0.3, 0.4) is 0 Å². The number of amides is 2. The minimum absolute atomic E-state index is 0.0323. The Kier molecular flexibility index (Phi) is 4.68. The van der Waals surface area contributed by atoms with Crippen LogP contribution >= 0.6 is 23.1 Å². The molecule has 5 nitrogen and oxygen atoms in total. The van der Waals surface area contributed by atoms with Gasteiger partial charge in [0.25, 0.3) is 5.24 Å². The van der Waals surface area contributed by atoms with Crippen molar-refractivity contribution < 1.29 is 9.59 Å². The van der Waals surface area contributed by atoms with E-state index < -0.39 is 0 Å². The Morgan fingerprint density at radius 2 is 2.17 bits per heavy atom. The van der Waals surface area contributed by atoms with Crippen LogP contribution in [0.5, 0.6) is 0 Å². The lowest BCUT2D eigenvalue weighted by molar-refractivity contribution is -0.116. The number of thioether (sulfide) groups is 1. The maximum atomic E-state index is 12.0. The monoisotopic (exact) mass is 347 g/mol. The fourth-order valence-corrected chi connectivity index (χ4v) is 3.83. The zero-order valence-corrected chi connectivity index (χ0v) is 14.6. The molecule has 2 heterocycles. The molecule has 120 valence electrons. The van der Waals surface area contributed by atoms with Crippen LogP contribution in [-0.4, -0.2) is 39.9 Å².